The molecule has 33 heavy (non-hydrogen) atoms. The van der Waals surface area contributed by atoms with Crippen molar-refractivity contribution >= 4 is 28.4 Å². The van der Waals surface area contributed by atoms with Gasteiger partial charge >= 0.3 is 6.61 Å². The van der Waals surface area contributed by atoms with Crippen molar-refractivity contribution in [2.45, 2.75) is 45.9 Å². The molecule has 4 rings (SSSR count). The van der Waals surface area contributed by atoms with E-state index in [-0.39, 0.29) is 23.7 Å². The number of aromatic nitrogens is 3. The zero-order chi connectivity index (χ0) is 23.5. The lowest BCUT2D eigenvalue weighted by Crippen LogP contribution is -2.35. The number of nitrogens with zero attached hydrogens (tertiary/aromatic N) is 4. The molecule has 174 valence electrons. The first-order valence-corrected chi connectivity index (χ1v) is 10.8. The fourth-order valence-corrected chi connectivity index (χ4v) is 4.04. The Morgan fingerprint density at radius 2 is 2.09 bits per heavy atom. The monoisotopic (exact) mass is 456 g/mol. The van der Waals surface area contributed by atoms with Gasteiger partial charge in [0, 0.05) is 31.4 Å². The van der Waals surface area contributed by atoms with Crippen LogP contribution in [0.2, 0.25) is 0 Å². The largest absolute Gasteiger partial charge is 0.435 e. The smallest absolute Gasteiger partial charge is 0.387 e. The molecule has 2 N–H and O–H groups in total. The number of alkyl halides is 2. The predicted octanol–water partition coefficient (Wildman–Crippen LogP) is 3.82. The minimum atomic E-state index is -2.88. The summed E-state index contributed by atoms with van der Waals surface area (Å²) in [7, 11) is 0. The van der Waals surface area contributed by atoms with E-state index < -0.39 is 6.61 Å². The predicted molar refractivity (Wildman–Crippen MR) is 122 cm³/mol. The molecule has 0 aliphatic carbocycles. The molecule has 1 aliphatic heterocycles. The number of hydrogen-bond donors (Lipinski definition) is 2. The van der Waals surface area contributed by atoms with Gasteiger partial charge in [-0.15, -0.1) is 0 Å². The number of hydrogen-bond acceptors (Lipinski definition) is 7. The zero-order valence-electron chi connectivity index (χ0n) is 18.7. The van der Waals surface area contributed by atoms with E-state index in [0.29, 0.717) is 23.7 Å². The van der Waals surface area contributed by atoms with Gasteiger partial charge in [-0.2, -0.15) is 8.78 Å². The second-order valence-corrected chi connectivity index (χ2v) is 8.13. The molecule has 0 saturated carbocycles. The van der Waals surface area contributed by atoms with Crippen molar-refractivity contribution in [3.8, 4) is 5.75 Å². The molecule has 0 spiro atoms. The first-order chi connectivity index (χ1) is 15.8. The summed E-state index contributed by atoms with van der Waals surface area (Å²) in [6.45, 7) is 3.83. The van der Waals surface area contributed by atoms with Crippen molar-refractivity contribution in [3.05, 3.63) is 47.9 Å². The quantitative estimate of drug-likeness (QED) is 0.558. The van der Waals surface area contributed by atoms with Crippen LogP contribution in [0.5, 0.6) is 5.75 Å². The summed E-state index contributed by atoms with van der Waals surface area (Å²) in [5.74, 6) is 2.07. The lowest BCUT2D eigenvalue weighted by Gasteiger charge is -2.20. The zero-order valence-corrected chi connectivity index (χ0v) is 18.7. The number of anilines is 2. The van der Waals surface area contributed by atoms with Crippen LogP contribution in [0.1, 0.15) is 37.7 Å². The number of halogens is 2. The van der Waals surface area contributed by atoms with Gasteiger partial charge in [0.25, 0.3) is 0 Å². The number of ether oxygens (including phenoxy) is 1. The number of aryl methyl sites for hydroxylation is 1. The molecule has 3 heterocycles. The highest BCUT2D eigenvalue weighted by Gasteiger charge is 2.24. The summed E-state index contributed by atoms with van der Waals surface area (Å²) in [5.41, 5.74) is 1.48. The fraction of sp³-hybridized carbons (Fsp3) is 0.391. The van der Waals surface area contributed by atoms with E-state index in [0.717, 1.165) is 29.7 Å². The Labute approximate surface area is 190 Å². The number of carbonyl (C=O) groups excluding carboxylic acids is 1. The van der Waals surface area contributed by atoms with Crippen LogP contribution < -0.4 is 20.3 Å². The summed E-state index contributed by atoms with van der Waals surface area (Å²) in [6.07, 6.45) is 2.57. The molecule has 10 heteroatoms. The van der Waals surface area contributed by atoms with E-state index in [9.17, 15) is 13.6 Å². The second-order valence-electron chi connectivity index (χ2n) is 8.13. The number of fused-ring (bicyclic) bond motifs is 1. The summed E-state index contributed by atoms with van der Waals surface area (Å²) in [4.78, 5) is 27.1. The summed E-state index contributed by atoms with van der Waals surface area (Å²) < 4.78 is 29.7. The number of rotatable bonds is 7. The molecule has 1 aliphatic rings. The molecule has 2 aromatic heterocycles. The molecule has 1 amide bonds. The summed E-state index contributed by atoms with van der Waals surface area (Å²) in [6, 6.07) is 8.40. The lowest BCUT2D eigenvalue weighted by molar-refractivity contribution is -0.119. The average molecular weight is 456 g/mol. The molecule has 0 radical (unpaired) electrons. The van der Waals surface area contributed by atoms with E-state index in [4.69, 9.17) is 0 Å². The van der Waals surface area contributed by atoms with Crippen LogP contribution >= 0.6 is 0 Å². The van der Waals surface area contributed by atoms with Gasteiger partial charge in [-0.1, -0.05) is 12.1 Å². The van der Waals surface area contributed by atoms with Crippen LogP contribution in [0.3, 0.4) is 0 Å². The van der Waals surface area contributed by atoms with Crippen molar-refractivity contribution in [2.24, 2.45) is 0 Å². The minimum Gasteiger partial charge on any atom is -0.435 e. The van der Waals surface area contributed by atoms with Crippen molar-refractivity contribution in [3.63, 3.8) is 0 Å². The first-order valence-electron chi connectivity index (χ1n) is 10.8. The fourth-order valence-electron chi connectivity index (χ4n) is 4.04. The first kappa shape index (κ1) is 22.6. The Balaban J connectivity index is 1.59. The molecule has 1 saturated heterocycles. The highest BCUT2D eigenvalue weighted by atomic mass is 19.3. The number of pyridine rings is 1. The molecular weight excluding hydrogens is 430 g/mol. The Bertz CT molecular complexity index is 1160. The van der Waals surface area contributed by atoms with Crippen molar-refractivity contribution in [1.82, 2.24) is 20.3 Å². The minimum absolute atomic E-state index is 0.0410. The van der Waals surface area contributed by atoms with Gasteiger partial charge < -0.3 is 20.3 Å². The van der Waals surface area contributed by atoms with Crippen LogP contribution in [0.4, 0.5) is 20.4 Å². The number of carbonyl (C=O) groups is 1. The van der Waals surface area contributed by atoms with Gasteiger partial charge in [0.2, 0.25) is 5.91 Å². The highest BCUT2D eigenvalue weighted by molar-refractivity contribution is 5.90. The third-order valence-electron chi connectivity index (χ3n) is 5.54. The van der Waals surface area contributed by atoms with Crippen LogP contribution in [-0.2, 0) is 4.79 Å². The maximum absolute atomic E-state index is 12.6. The van der Waals surface area contributed by atoms with Gasteiger partial charge in [0.15, 0.2) is 0 Å². The van der Waals surface area contributed by atoms with Crippen molar-refractivity contribution < 1.29 is 18.3 Å². The number of nitrogens with one attached hydrogen (secondary N) is 2. The van der Waals surface area contributed by atoms with Crippen molar-refractivity contribution in [2.75, 3.05) is 23.3 Å². The van der Waals surface area contributed by atoms with Crippen LogP contribution in [-0.4, -0.2) is 46.6 Å². The molecule has 3 aromatic rings. The van der Waals surface area contributed by atoms with Gasteiger partial charge in [0.05, 0.1) is 17.8 Å². The average Bonchev–Trinajstić information content (AvgIpc) is 3.21. The van der Waals surface area contributed by atoms with Gasteiger partial charge in [-0.05, 0) is 44.0 Å². The van der Waals surface area contributed by atoms with Crippen LogP contribution in [0, 0.1) is 6.92 Å². The van der Waals surface area contributed by atoms with Gasteiger partial charge in [-0.3, -0.25) is 4.79 Å². The maximum Gasteiger partial charge on any atom is 0.387 e. The SMILES string of the molecule is CC(=O)N[C@@H]1CCN(c2cc3c(N[C@H](C)c4cccc(OC(F)F)c4)nc(C)nc3cn2)C1. The van der Waals surface area contributed by atoms with E-state index >= 15 is 0 Å². The molecule has 1 fully saturated rings. The summed E-state index contributed by atoms with van der Waals surface area (Å²) >= 11 is 0. The molecular formula is C23H26F2N6O2. The van der Waals surface area contributed by atoms with E-state index in [1.54, 1.807) is 25.3 Å². The normalized spacial score (nSPS) is 16.8. The van der Waals surface area contributed by atoms with E-state index in [1.807, 2.05) is 19.1 Å². The Kier molecular flexibility index (Phi) is 6.52. The molecule has 2 atom stereocenters. The van der Waals surface area contributed by atoms with Crippen LogP contribution in [0.15, 0.2) is 36.5 Å². The van der Waals surface area contributed by atoms with Gasteiger partial charge in [-0.25, -0.2) is 15.0 Å². The number of amides is 1. The Hall–Kier alpha value is -3.56. The van der Waals surface area contributed by atoms with Gasteiger partial charge in [0.1, 0.15) is 23.2 Å². The third-order valence-corrected chi connectivity index (χ3v) is 5.54. The van der Waals surface area contributed by atoms with E-state index in [2.05, 4.69) is 35.2 Å². The summed E-state index contributed by atoms with van der Waals surface area (Å²) in [5, 5.41) is 7.14. The third kappa shape index (κ3) is 5.44. The maximum atomic E-state index is 12.6. The topological polar surface area (TPSA) is 92.3 Å². The molecule has 0 bridgehead atoms. The Morgan fingerprint density at radius 3 is 2.85 bits per heavy atom. The second kappa shape index (κ2) is 9.51. The Morgan fingerprint density at radius 1 is 1.27 bits per heavy atom. The van der Waals surface area contributed by atoms with Crippen LogP contribution in [0.25, 0.3) is 10.9 Å². The lowest BCUT2D eigenvalue weighted by atomic mass is 10.1. The highest BCUT2D eigenvalue weighted by Crippen LogP contribution is 2.29. The molecule has 0 unspecified atom stereocenters. The number of benzene rings is 1. The van der Waals surface area contributed by atoms with Crippen molar-refractivity contribution in [1.29, 1.82) is 0 Å². The molecule has 1 aromatic carbocycles. The van der Waals surface area contributed by atoms with E-state index in [1.165, 1.54) is 13.0 Å². The molecule has 8 nitrogen and oxygen atoms in total. The standard InChI is InChI=1S/C23H26F2N6O2/c1-13(16-5-4-6-18(9-16)33-23(24)25)27-22-19-10-21(26-11-20(19)28-14(2)29-22)31-8-7-17(12-31)30-15(3)32/h4-6,9-11,13,17,23H,7-8,12H2,1-3H3,(H,30,32)(H,27,28,29)/t13-,17-/m1/s1.